The van der Waals surface area contributed by atoms with Gasteiger partial charge in [-0.15, -0.1) is 0 Å². The molecule has 0 amide bonds. The zero-order valence-corrected chi connectivity index (χ0v) is 20.6. The second-order valence-electron chi connectivity index (χ2n) is 9.87. The molecule has 0 aliphatic rings. The largest absolute Gasteiger partial charge is 0.455 e. The standard InChI is InChI=1S/C36H23NO/c1-2-7-23(8-3-1)24-13-15-25(16-14-24)26-17-19-33-31(21-26)32-22-27(18-20-34(32)37-33)28-10-6-11-30-29-9-4-5-12-35(29)38-36(28)30/h1-22,37H. The van der Waals surface area contributed by atoms with Gasteiger partial charge in [0, 0.05) is 38.1 Å². The maximum atomic E-state index is 6.33. The van der Waals surface area contributed by atoms with Crippen LogP contribution in [-0.4, -0.2) is 4.98 Å². The highest BCUT2D eigenvalue weighted by atomic mass is 16.3. The average Bonchev–Trinajstić information content (AvgIpc) is 3.55. The molecule has 0 fully saturated rings. The van der Waals surface area contributed by atoms with E-state index in [0.717, 1.165) is 44.1 Å². The Morgan fingerprint density at radius 1 is 0.395 bits per heavy atom. The van der Waals surface area contributed by atoms with Crippen molar-refractivity contribution in [1.82, 2.24) is 4.98 Å². The van der Waals surface area contributed by atoms with Crippen LogP contribution in [0.15, 0.2) is 138 Å². The van der Waals surface area contributed by atoms with Crippen molar-refractivity contribution in [2.45, 2.75) is 0 Å². The molecule has 0 saturated heterocycles. The fraction of sp³-hybridized carbons (Fsp3) is 0. The molecule has 2 heterocycles. The van der Waals surface area contributed by atoms with E-state index in [-0.39, 0.29) is 0 Å². The third-order valence-corrected chi connectivity index (χ3v) is 7.64. The maximum Gasteiger partial charge on any atom is 0.143 e. The van der Waals surface area contributed by atoms with Gasteiger partial charge in [0.15, 0.2) is 0 Å². The van der Waals surface area contributed by atoms with Gasteiger partial charge in [-0.2, -0.15) is 0 Å². The van der Waals surface area contributed by atoms with Crippen molar-refractivity contribution < 1.29 is 4.42 Å². The van der Waals surface area contributed by atoms with Crippen molar-refractivity contribution in [3.63, 3.8) is 0 Å². The van der Waals surface area contributed by atoms with Crippen molar-refractivity contribution in [2.75, 3.05) is 0 Å². The van der Waals surface area contributed by atoms with Crippen LogP contribution in [-0.2, 0) is 0 Å². The Kier molecular flexibility index (Phi) is 4.55. The summed E-state index contributed by atoms with van der Waals surface area (Å²) in [5.74, 6) is 0. The van der Waals surface area contributed by atoms with E-state index in [4.69, 9.17) is 4.42 Å². The summed E-state index contributed by atoms with van der Waals surface area (Å²) >= 11 is 0. The first kappa shape index (κ1) is 21.0. The van der Waals surface area contributed by atoms with Gasteiger partial charge in [-0.3, -0.25) is 0 Å². The minimum Gasteiger partial charge on any atom is -0.455 e. The van der Waals surface area contributed by atoms with E-state index in [0.29, 0.717) is 0 Å². The van der Waals surface area contributed by atoms with Crippen LogP contribution in [0.25, 0.3) is 77.1 Å². The molecule has 0 atom stereocenters. The Balaban J connectivity index is 1.25. The van der Waals surface area contributed by atoms with E-state index in [2.05, 4.69) is 126 Å². The van der Waals surface area contributed by atoms with Crippen molar-refractivity contribution in [1.29, 1.82) is 0 Å². The lowest BCUT2D eigenvalue weighted by Gasteiger charge is -2.06. The Hall–Kier alpha value is -5.08. The summed E-state index contributed by atoms with van der Waals surface area (Å²) in [6.07, 6.45) is 0. The number of furan rings is 1. The minimum atomic E-state index is 0.922. The smallest absolute Gasteiger partial charge is 0.143 e. The number of para-hydroxylation sites is 2. The third kappa shape index (κ3) is 3.28. The number of hydrogen-bond acceptors (Lipinski definition) is 1. The Labute approximate surface area is 219 Å². The molecule has 0 saturated carbocycles. The fourth-order valence-corrected chi connectivity index (χ4v) is 5.70. The van der Waals surface area contributed by atoms with E-state index < -0.39 is 0 Å². The van der Waals surface area contributed by atoms with Crippen molar-refractivity contribution >= 4 is 43.7 Å². The van der Waals surface area contributed by atoms with Crippen molar-refractivity contribution in [2.24, 2.45) is 0 Å². The number of aromatic nitrogens is 1. The molecule has 2 aromatic heterocycles. The SMILES string of the molecule is c1ccc(-c2ccc(-c3ccc4[nH]c5ccc(-c6cccc7c6oc6ccccc67)cc5c4c3)cc2)cc1. The van der Waals surface area contributed by atoms with Crippen LogP contribution in [0.4, 0.5) is 0 Å². The molecule has 6 aromatic carbocycles. The van der Waals surface area contributed by atoms with Gasteiger partial charge >= 0.3 is 0 Å². The Morgan fingerprint density at radius 2 is 0.974 bits per heavy atom. The van der Waals surface area contributed by atoms with Gasteiger partial charge in [-0.1, -0.05) is 103 Å². The van der Waals surface area contributed by atoms with E-state index in [1.807, 2.05) is 12.1 Å². The summed E-state index contributed by atoms with van der Waals surface area (Å²) in [6.45, 7) is 0. The maximum absolute atomic E-state index is 6.33. The molecule has 178 valence electrons. The second-order valence-corrected chi connectivity index (χ2v) is 9.87. The van der Waals surface area contributed by atoms with Gasteiger partial charge in [-0.05, 0) is 58.1 Å². The highest BCUT2D eigenvalue weighted by Crippen LogP contribution is 2.38. The number of benzene rings is 6. The molecule has 0 aliphatic heterocycles. The molecule has 2 nitrogen and oxygen atoms in total. The van der Waals surface area contributed by atoms with Crippen LogP contribution in [0.3, 0.4) is 0 Å². The molecule has 0 radical (unpaired) electrons. The summed E-state index contributed by atoms with van der Waals surface area (Å²) in [7, 11) is 0. The summed E-state index contributed by atoms with van der Waals surface area (Å²) < 4.78 is 6.33. The molecule has 0 bridgehead atoms. The highest BCUT2D eigenvalue weighted by Gasteiger charge is 2.14. The van der Waals surface area contributed by atoms with Gasteiger partial charge in [0.05, 0.1) is 0 Å². The average molecular weight is 486 g/mol. The van der Waals surface area contributed by atoms with Gasteiger partial charge in [0.1, 0.15) is 11.2 Å². The lowest BCUT2D eigenvalue weighted by atomic mass is 9.98. The molecule has 0 unspecified atom stereocenters. The molecule has 8 rings (SSSR count). The molecular formula is C36H23NO. The molecule has 0 aliphatic carbocycles. The first-order chi connectivity index (χ1) is 18.8. The first-order valence-corrected chi connectivity index (χ1v) is 12.9. The van der Waals surface area contributed by atoms with Gasteiger partial charge in [-0.25, -0.2) is 0 Å². The van der Waals surface area contributed by atoms with Crippen LogP contribution in [0.2, 0.25) is 0 Å². The lowest BCUT2D eigenvalue weighted by Crippen LogP contribution is -1.81. The van der Waals surface area contributed by atoms with E-state index in [1.54, 1.807) is 0 Å². The van der Waals surface area contributed by atoms with Crippen LogP contribution in [0.1, 0.15) is 0 Å². The molecular weight excluding hydrogens is 462 g/mol. The predicted octanol–water partition coefficient (Wildman–Crippen LogP) is 10.2. The third-order valence-electron chi connectivity index (χ3n) is 7.64. The van der Waals surface area contributed by atoms with Gasteiger partial charge < -0.3 is 9.40 Å². The monoisotopic (exact) mass is 485 g/mol. The molecule has 8 aromatic rings. The molecule has 1 N–H and O–H groups in total. The normalized spacial score (nSPS) is 11.7. The zero-order chi connectivity index (χ0) is 25.1. The number of fused-ring (bicyclic) bond motifs is 6. The topological polar surface area (TPSA) is 28.9 Å². The summed E-state index contributed by atoms with van der Waals surface area (Å²) in [6, 6.07) is 47.4. The van der Waals surface area contributed by atoms with Crippen molar-refractivity contribution in [3.8, 4) is 33.4 Å². The number of H-pyrrole nitrogens is 1. The summed E-state index contributed by atoms with van der Waals surface area (Å²) in [5, 5.41) is 4.75. The summed E-state index contributed by atoms with van der Waals surface area (Å²) in [4.78, 5) is 3.60. The van der Waals surface area contributed by atoms with E-state index in [9.17, 15) is 0 Å². The fourth-order valence-electron chi connectivity index (χ4n) is 5.70. The van der Waals surface area contributed by atoms with Gasteiger partial charge in [0.25, 0.3) is 0 Å². The number of hydrogen-bond donors (Lipinski definition) is 1. The zero-order valence-electron chi connectivity index (χ0n) is 20.6. The van der Waals surface area contributed by atoms with E-state index >= 15 is 0 Å². The quantitative estimate of drug-likeness (QED) is 0.265. The van der Waals surface area contributed by atoms with Crippen molar-refractivity contribution in [3.05, 3.63) is 133 Å². The molecule has 0 spiro atoms. The minimum absolute atomic E-state index is 0.922. The molecule has 38 heavy (non-hydrogen) atoms. The van der Waals surface area contributed by atoms with E-state index in [1.165, 1.54) is 33.0 Å². The second kappa shape index (κ2) is 8.22. The van der Waals surface area contributed by atoms with Crippen LogP contribution in [0, 0.1) is 0 Å². The Morgan fingerprint density at radius 3 is 1.76 bits per heavy atom. The number of rotatable bonds is 3. The van der Waals surface area contributed by atoms with Crippen LogP contribution >= 0.6 is 0 Å². The van der Waals surface area contributed by atoms with Gasteiger partial charge in [0.2, 0.25) is 0 Å². The molecule has 2 heteroatoms. The van der Waals surface area contributed by atoms with Crippen LogP contribution in [0.5, 0.6) is 0 Å². The number of aromatic amines is 1. The summed E-state index contributed by atoms with van der Waals surface area (Å²) in [5.41, 5.74) is 11.3. The predicted molar refractivity (Wildman–Crippen MR) is 159 cm³/mol. The highest BCUT2D eigenvalue weighted by molar-refractivity contribution is 6.12. The van der Waals surface area contributed by atoms with Crippen LogP contribution < -0.4 is 0 Å². The Bertz CT molecular complexity index is 2110. The lowest BCUT2D eigenvalue weighted by molar-refractivity contribution is 0.670. The number of nitrogens with one attached hydrogen (secondary N) is 1. The first-order valence-electron chi connectivity index (χ1n) is 12.9.